The predicted molar refractivity (Wildman–Crippen MR) is 81.2 cm³/mol. The third-order valence-electron chi connectivity index (χ3n) is 3.82. The van der Waals surface area contributed by atoms with Crippen LogP contribution in [0.3, 0.4) is 0 Å². The molecule has 0 radical (unpaired) electrons. The lowest BCUT2D eigenvalue weighted by Gasteiger charge is -2.26. The van der Waals surface area contributed by atoms with E-state index >= 15 is 0 Å². The van der Waals surface area contributed by atoms with Crippen LogP contribution in [0.25, 0.3) is 11.0 Å². The molecule has 1 aliphatic rings. The van der Waals surface area contributed by atoms with Gasteiger partial charge in [-0.3, -0.25) is 10.6 Å². The first-order valence-corrected chi connectivity index (χ1v) is 6.61. The van der Waals surface area contributed by atoms with E-state index in [1.54, 1.807) is 0 Å². The molecule has 1 atom stereocenters. The van der Waals surface area contributed by atoms with Crippen LogP contribution >= 0.6 is 0 Å². The van der Waals surface area contributed by atoms with Gasteiger partial charge in [-0.25, -0.2) is 0 Å². The summed E-state index contributed by atoms with van der Waals surface area (Å²) >= 11 is 0. The maximum Gasteiger partial charge on any atom is 0.227 e. The van der Waals surface area contributed by atoms with Crippen molar-refractivity contribution in [3.05, 3.63) is 54.6 Å². The van der Waals surface area contributed by atoms with E-state index in [-0.39, 0.29) is 6.29 Å². The second-order valence-electron chi connectivity index (χ2n) is 4.98. The Hall–Kier alpha value is -2.46. The summed E-state index contributed by atoms with van der Waals surface area (Å²) in [5.74, 6) is 0.812. The quantitative estimate of drug-likeness (QED) is 0.733. The zero-order valence-corrected chi connectivity index (χ0v) is 11.2. The largest absolute Gasteiger partial charge is 0.438 e. The van der Waals surface area contributed by atoms with Crippen LogP contribution in [0, 0.1) is 0 Å². The minimum atomic E-state index is -0.254. The molecule has 3 aromatic rings. The Balaban J connectivity index is 1.96. The number of fused-ring (bicyclic) bond motifs is 3. The van der Waals surface area contributed by atoms with E-state index in [4.69, 9.17) is 10.2 Å². The van der Waals surface area contributed by atoms with Gasteiger partial charge in [-0.05, 0) is 24.3 Å². The topological polar surface area (TPSA) is 45.6 Å². The fourth-order valence-corrected chi connectivity index (χ4v) is 2.81. The number of furan rings is 1. The first-order valence-electron chi connectivity index (χ1n) is 6.61. The van der Waals surface area contributed by atoms with Gasteiger partial charge in [-0.2, -0.15) is 0 Å². The number of nitrogens with two attached hydrogens (primary N) is 1. The molecule has 0 bridgehead atoms. The first-order chi connectivity index (χ1) is 9.77. The fraction of sp³-hybridized carbons (Fsp3) is 0.125. The van der Waals surface area contributed by atoms with E-state index in [1.807, 2.05) is 65.4 Å². The zero-order valence-electron chi connectivity index (χ0n) is 11.2. The van der Waals surface area contributed by atoms with E-state index in [2.05, 4.69) is 6.07 Å². The van der Waals surface area contributed by atoms with E-state index in [1.165, 1.54) is 0 Å². The minimum Gasteiger partial charge on any atom is -0.438 e. The van der Waals surface area contributed by atoms with Crippen LogP contribution in [0.4, 0.5) is 17.3 Å². The summed E-state index contributed by atoms with van der Waals surface area (Å²) in [6, 6.07) is 18.1. The Labute approximate surface area is 117 Å². The molecule has 0 saturated heterocycles. The van der Waals surface area contributed by atoms with Gasteiger partial charge in [0.15, 0.2) is 6.29 Å². The Bertz CT molecular complexity index is 766. The molecule has 0 aliphatic carbocycles. The summed E-state index contributed by atoms with van der Waals surface area (Å²) in [5, 5.41) is 1.10. The van der Waals surface area contributed by atoms with Crippen LogP contribution in [-0.2, 0) is 0 Å². The Morgan fingerprint density at radius 2 is 1.70 bits per heavy atom. The average molecular weight is 265 g/mol. The van der Waals surface area contributed by atoms with Crippen molar-refractivity contribution < 1.29 is 4.42 Å². The summed E-state index contributed by atoms with van der Waals surface area (Å²) < 4.78 is 6.02. The molecule has 0 spiro atoms. The van der Waals surface area contributed by atoms with Crippen molar-refractivity contribution in [2.75, 3.05) is 16.8 Å². The molecule has 0 amide bonds. The average Bonchev–Trinajstić information content (AvgIpc) is 2.96. The summed E-state index contributed by atoms with van der Waals surface area (Å²) in [6.07, 6.45) is -0.254. The molecule has 2 N–H and O–H groups in total. The molecule has 4 nitrogen and oxygen atoms in total. The van der Waals surface area contributed by atoms with Crippen LogP contribution in [-0.4, -0.2) is 13.3 Å². The van der Waals surface area contributed by atoms with Gasteiger partial charge in [0.05, 0.1) is 0 Å². The zero-order chi connectivity index (χ0) is 13.7. The Morgan fingerprint density at radius 1 is 1.00 bits per heavy atom. The number of rotatable bonds is 1. The Kier molecular flexibility index (Phi) is 2.28. The molecule has 20 heavy (non-hydrogen) atoms. The van der Waals surface area contributed by atoms with Crippen molar-refractivity contribution in [1.82, 2.24) is 0 Å². The second kappa shape index (κ2) is 4.02. The van der Waals surface area contributed by atoms with E-state index in [9.17, 15) is 0 Å². The number of hydrogen-bond donors (Lipinski definition) is 1. The molecule has 0 saturated carbocycles. The molecule has 4 rings (SSSR count). The van der Waals surface area contributed by atoms with Crippen molar-refractivity contribution >= 4 is 28.2 Å². The monoisotopic (exact) mass is 265 g/mol. The second-order valence-corrected chi connectivity index (χ2v) is 4.98. The molecular weight excluding hydrogens is 250 g/mol. The van der Waals surface area contributed by atoms with Crippen molar-refractivity contribution in [1.29, 1.82) is 0 Å². The summed E-state index contributed by atoms with van der Waals surface area (Å²) in [4.78, 5) is 4.07. The van der Waals surface area contributed by atoms with Crippen LogP contribution < -0.4 is 15.5 Å². The minimum absolute atomic E-state index is 0.254. The first kappa shape index (κ1) is 11.4. The van der Waals surface area contributed by atoms with Gasteiger partial charge in [-0.15, -0.1) is 0 Å². The molecule has 100 valence electrons. The smallest absolute Gasteiger partial charge is 0.227 e. The number of hydrogen-bond acceptors (Lipinski definition) is 4. The lowest BCUT2D eigenvalue weighted by molar-refractivity contribution is 0.591. The highest BCUT2D eigenvalue weighted by atomic mass is 16.4. The van der Waals surface area contributed by atoms with Gasteiger partial charge in [-0.1, -0.05) is 30.3 Å². The molecule has 0 fully saturated rings. The van der Waals surface area contributed by atoms with Crippen LogP contribution in [0.2, 0.25) is 0 Å². The van der Waals surface area contributed by atoms with Gasteiger partial charge in [0.2, 0.25) is 5.88 Å². The third-order valence-corrected chi connectivity index (χ3v) is 3.82. The molecule has 2 heterocycles. The van der Waals surface area contributed by atoms with E-state index < -0.39 is 0 Å². The van der Waals surface area contributed by atoms with Crippen LogP contribution in [0.5, 0.6) is 0 Å². The third kappa shape index (κ3) is 1.39. The summed E-state index contributed by atoms with van der Waals surface area (Å²) in [5.41, 5.74) is 9.30. The van der Waals surface area contributed by atoms with Crippen molar-refractivity contribution in [2.24, 2.45) is 5.73 Å². The molecule has 1 aromatic heterocycles. The lowest BCUT2D eigenvalue weighted by atomic mass is 10.2. The van der Waals surface area contributed by atoms with E-state index in [0.717, 1.165) is 28.2 Å². The SMILES string of the molecule is CN1c2c(oc3ccccc23)N(c2ccccc2)C1N. The predicted octanol–water partition coefficient (Wildman–Crippen LogP) is 3.26. The van der Waals surface area contributed by atoms with Gasteiger partial charge < -0.3 is 9.32 Å². The van der Waals surface area contributed by atoms with Crippen LogP contribution in [0.15, 0.2) is 59.0 Å². The number of nitrogens with zero attached hydrogens (tertiary/aromatic N) is 2. The van der Waals surface area contributed by atoms with Crippen molar-refractivity contribution in [3.8, 4) is 0 Å². The fourth-order valence-electron chi connectivity index (χ4n) is 2.81. The number of anilines is 3. The molecule has 1 unspecified atom stereocenters. The van der Waals surface area contributed by atoms with Crippen molar-refractivity contribution in [3.63, 3.8) is 0 Å². The highest BCUT2D eigenvalue weighted by Gasteiger charge is 2.37. The van der Waals surface area contributed by atoms with Gasteiger partial charge in [0.1, 0.15) is 11.3 Å². The lowest BCUT2D eigenvalue weighted by Crippen LogP contribution is -2.46. The number of benzene rings is 2. The molecular formula is C16H15N3O. The Morgan fingerprint density at radius 3 is 2.50 bits per heavy atom. The van der Waals surface area contributed by atoms with E-state index in [0.29, 0.717) is 0 Å². The van der Waals surface area contributed by atoms with Crippen molar-refractivity contribution in [2.45, 2.75) is 6.29 Å². The summed E-state index contributed by atoms with van der Waals surface area (Å²) in [6.45, 7) is 0. The highest BCUT2D eigenvalue weighted by Crippen LogP contribution is 2.48. The summed E-state index contributed by atoms with van der Waals surface area (Å²) in [7, 11) is 1.99. The number of para-hydroxylation sites is 2. The molecule has 2 aromatic carbocycles. The normalized spacial score (nSPS) is 17.8. The molecule has 4 heteroatoms. The maximum absolute atomic E-state index is 6.33. The van der Waals surface area contributed by atoms with Gasteiger partial charge >= 0.3 is 0 Å². The van der Waals surface area contributed by atoms with Crippen LogP contribution in [0.1, 0.15) is 0 Å². The highest BCUT2D eigenvalue weighted by molar-refractivity contribution is 6.01. The standard InChI is InChI=1S/C16H15N3O/c1-18-14-12-9-5-6-10-13(12)20-15(14)19(16(18)17)11-7-3-2-4-8-11/h2-10,16H,17H2,1H3. The molecule has 1 aliphatic heterocycles. The van der Waals surface area contributed by atoms with Gasteiger partial charge in [0.25, 0.3) is 0 Å². The van der Waals surface area contributed by atoms with Gasteiger partial charge in [0, 0.05) is 18.1 Å². The maximum atomic E-state index is 6.33.